The Morgan fingerprint density at radius 2 is 1.29 bits per heavy atom. The summed E-state index contributed by atoms with van der Waals surface area (Å²) in [5.41, 5.74) is 5.63. The van der Waals surface area contributed by atoms with Crippen molar-refractivity contribution in [3.8, 4) is 29.4 Å². The third kappa shape index (κ3) is 7.30. The van der Waals surface area contributed by atoms with Crippen LogP contribution in [0.3, 0.4) is 0 Å². The molecule has 2 unspecified atom stereocenters. The predicted molar refractivity (Wildman–Crippen MR) is 208 cm³/mol. The van der Waals surface area contributed by atoms with E-state index >= 15 is 0 Å². The number of phosphoric ester groups is 1. The van der Waals surface area contributed by atoms with Crippen molar-refractivity contribution in [2.75, 3.05) is 20.3 Å². The molecule has 0 aliphatic rings. The maximum Gasteiger partial charge on any atom is 0.488 e. The van der Waals surface area contributed by atoms with Gasteiger partial charge in [0.15, 0.2) is 0 Å². The van der Waals surface area contributed by atoms with Gasteiger partial charge in [-0.15, -0.1) is 0 Å². The number of aliphatic hydroxyl groups is 1. The molecule has 7 rings (SSSR count). The molecule has 0 heterocycles. The van der Waals surface area contributed by atoms with Gasteiger partial charge in [-0.05, 0) is 98.4 Å². The van der Waals surface area contributed by atoms with Crippen molar-refractivity contribution in [3.63, 3.8) is 0 Å². The largest absolute Gasteiger partial charge is 0.497 e. The van der Waals surface area contributed by atoms with E-state index in [0.29, 0.717) is 6.42 Å². The van der Waals surface area contributed by atoms with Gasteiger partial charge in [0.25, 0.3) is 0 Å². The number of hydrogen-bond acceptors (Lipinski definition) is 6. The van der Waals surface area contributed by atoms with E-state index in [1.807, 2.05) is 72.8 Å². The molecule has 7 nitrogen and oxygen atoms in total. The van der Waals surface area contributed by atoms with E-state index in [4.69, 9.17) is 15.2 Å². The molecule has 258 valence electrons. The van der Waals surface area contributed by atoms with Crippen LogP contribution in [-0.2, 0) is 20.1 Å². The number of nitrogens with two attached hydrogens (primary N) is 1. The molecule has 0 radical (unpaired) electrons. The molecule has 0 saturated carbocycles. The van der Waals surface area contributed by atoms with Gasteiger partial charge in [0.05, 0.1) is 13.7 Å². The topological polar surface area (TPSA) is 111 Å². The fraction of sp³-hybridized carbons (Fsp3) is 0.136. The van der Waals surface area contributed by atoms with Gasteiger partial charge in [0.1, 0.15) is 5.75 Å². The van der Waals surface area contributed by atoms with Crippen LogP contribution in [0.25, 0.3) is 43.1 Å². The summed E-state index contributed by atoms with van der Waals surface area (Å²) in [6.45, 7) is 1.58. The monoisotopic (exact) mass is 705 g/mol. The average molecular weight is 706 g/mol. The van der Waals surface area contributed by atoms with E-state index in [1.165, 1.54) is 5.56 Å². The number of aliphatic hydroxyl groups excluding tert-OH is 1. The second-order valence-corrected chi connectivity index (χ2v) is 14.1. The fourth-order valence-corrected chi connectivity index (χ4v) is 7.09. The van der Waals surface area contributed by atoms with Gasteiger partial charge in [0, 0.05) is 34.8 Å². The molecule has 0 bridgehead atoms. The van der Waals surface area contributed by atoms with Gasteiger partial charge in [0.2, 0.25) is 0 Å². The van der Waals surface area contributed by atoms with Crippen molar-refractivity contribution < 1.29 is 28.5 Å². The summed E-state index contributed by atoms with van der Waals surface area (Å²) in [5, 5.41) is 18.2. The Kier molecular flexibility index (Phi) is 10.1. The third-order valence-electron chi connectivity index (χ3n) is 9.25. The lowest BCUT2D eigenvalue weighted by Crippen LogP contribution is -2.17. The Morgan fingerprint density at radius 3 is 1.92 bits per heavy atom. The van der Waals surface area contributed by atoms with Crippen molar-refractivity contribution in [1.29, 1.82) is 0 Å². The van der Waals surface area contributed by atoms with Crippen molar-refractivity contribution in [2.24, 2.45) is 11.8 Å². The first-order valence-electron chi connectivity index (χ1n) is 16.8. The molecular formula is C44H36NO6P. The maximum absolute atomic E-state index is 11.9. The highest BCUT2D eigenvalue weighted by atomic mass is 31.2. The summed E-state index contributed by atoms with van der Waals surface area (Å²) >= 11 is 0. The van der Waals surface area contributed by atoms with E-state index in [9.17, 15) is 14.6 Å². The van der Waals surface area contributed by atoms with Crippen LogP contribution in [0.15, 0.2) is 115 Å². The minimum atomic E-state index is -4.41. The minimum Gasteiger partial charge on any atom is -0.497 e. The van der Waals surface area contributed by atoms with Crippen molar-refractivity contribution >= 4 is 50.9 Å². The molecule has 0 aromatic heterocycles. The average Bonchev–Trinajstić information content (AvgIpc) is 3.17. The molecule has 8 heteroatoms. The number of rotatable bonds is 8. The van der Waals surface area contributed by atoms with E-state index in [2.05, 4.69) is 77.7 Å². The van der Waals surface area contributed by atoms with Crippen LogP contribution in [0.4, 0.5) is 0 Å². The molecule has 0 fully saturated rings. The number of benzene rings is 7. The van der Waals surface area contributed by atoms with Gasteiger partial charge in [-0.3, -0.25) is 4.52 Å². The molecular weight excluding hydrogens is 669 g/mol. The number of phosphoric acid groups is 1. The van der Waals surface area contributed by atoms with Gasteiger partial charge < -0.3 is 14.7 Å². The number of hydrogen-bond donors (Lipinski definition) is 3. The molecule has 0 aliphatic carbocycles. The first-order chi connectivity index (χ1) is 25.3. The zero-order chi connectivity index (χ0) is 36.2. The SMILES string of the molecule is COc1ccc2c(C#Cc3c4ccccc4c(C#Cc4cccc5cc(C)ccc45)c4cc(CC(CO)COP(=O)(O)ON)ccc34)cccc2c1. The van der Waals surface area contributed by atoms with E-state index in [1.54, 1.807) is 7.11 Å². The summed E-state index contributed by atoms with van der Waals surface area (Å²) < 4.78 is 26.4. The first-order valence-corrected chi connectivity index (χ1v) is 18.3. The number of aryl methyl sites for hydroxylation is 1. The molecule has 52 heavy (non-hydrogen) atoms. The number of methoxy groups -OCH3 is 1. The van der Waals surface area contributed by atoms with Gasteiger partial charge in [-0.2, -0.15) is 0 Å². The van der Waals surface area contributed by atoms with Crippen LogP contribution in [0, 0.1) is 36.5 Å². The summed E-state index contributed by atoms with van der Waals surface area (Å²) in [6.07, 6.45) is 0.361. The Labute approximate surface area is 302 Å². The van der Waals surface area contributed by atoms with Crippen LogP contribution in [0.1, 0.15) is 33.4 Å². The Hall–Kier alpha value is -5.47. The summed E-state index contributed by atoms with van der Waals surface area (Å²) in [7, 11) is -2.75. The zero-order valence-electron chi connectivity index (χ0n) is 28.7. The number of ether oxygens (including phenoxy) is 1. The zero-order valence-corrected chi connectivity index (χ0v) is 29.6. The smallest absolute Gasteiger partial charge is 0.488 e. The fourth-order valence-electron chi connectivity index (χ4n) is 6.63. The normalized spacial score (nSPS) is 12.9. The quantitative estimate of drug-likeness (QED) is 0.0629. The van der Waals surface area contributed by atoms with Crippen LogP contribution < -0.4 is 10.6 Å². The van der Waals surface area contributed by atoms with Crippen LogP contribution in [0.5, 0.6) is 5.75 Å². The van der Waals surface area contributed by atoms with Crippen LogP contribution >= 0.6 is 7.82 Å². The lowest BCUT2D eigenvalue weighted by molar-refractivity contribution is 0.109. The van der Waals surface area contributed by atoms with Crippen molar-refractivity contribution in [1.82, 2.24) is 0 Å². The molecule has 2 atom stereocenters. The summed E-state index contributed by atoms with van der Waals surface area (Å²) in [5.74, 6) is 19.2. The molecule has 4 N–H and O–H groups in total. The molecule has 7 aromatic carbocycles. The Balaban J connectivity index is 1.42. The van der Waals surface area contributed by atoms with Crippen LogP contribution in [0.2, 0.25) is 0 Å². The summed E-state index contributed by atoms with van der Waals surface area (Å²) in [6, 6.07) is 38.8. The molecule has 0 aliphatic heterocycles. The van der Waals surface area contributed by atoms with Crippen molar-refractivity contribution in [2.45, 2.75) is 13.3 Å². The van der Waals surface area contributed by atoms with Gasteiger partial charge in [-0.25, -0.2) is 15.1 Å². The lowest BCUT2D eigenvalue weighted by Gasteiger charge is -2.17. The second-order valence-electron chi connectivity index (χ2n) is 12.7. The number of fused-ring (bicyclic) bond motifs is 4. The van der Waals surface area contributed by atoms with Gasteiger partial charge >= 0.3 is 7.82 Å². The van der Waals surface area contributed by atoms with E-state index < -0.39 is 13.7 Å². The summed E-state index contributed by atoms with van der Waals surface area (Å²) in [4.78, 5) is 9.66. The van der Waals surface area contributed by atoms with E-state index in [-0.39, 0.29) is 13.2 Å². The van der Waals surface area contributed by atoms with Crippen LogP contribution in [-0.4, -0.2) is 30.3 Å². The maximum atomic E-state index is 11.9. The minimum absolute atomic E-state index is 0.224. The van der Waals surface area contributed by atoms with E-state index in [0.717, 1.165) is 76.7 Å². The first kappa shape index (κ1) is 35.0. The molecule has 7 aromatic rings. The third-order valence-corrected chi connectivity index (χ3v) is 9.99. The highest BCUT2D eigenvalue weighted by Gasteiger charge is 2.23. The predicted octanol–water partition coefficient (Wildman–Crippen LogP) is 8.57. The molecule has 0 amide bonds. The molecule has 0 saturated heterocycles. The molecule has 0 spiro atoms. The second kappa shape index (κ2) is 15.0. The standard InChI is InChI=1S/C44H36NO6P/c1-29-13-18-37-32(7-5-9-34(37)23-29)16-21-43-40-12-4-3-11-39(40)41(20-15-33-8-6-10-35-26-36(49-2)17-22-38(33)35)42-19-14-30(25-44(42)43)24-31(27-46)28-50-52(47,48)51-45/h3-14,17-19,22-23,25-26,31,46H,24,27-28,45H2,1-2H3,(H,47,48). The highest BCUT2D eigenvalue weighted by Crippen LogP contribution is 2.41. The Morgan fingerprint density at radius 1 is 0.692 bits per heavy atom. The lowest BCUT2D eigenvalue weighted by atomic mass is 9.89. The van der Waals surface area contributed by atoms with Gasteiger partial charge in [-0.1, -0.05) is 108 Å². The Bertz CT molecular complexity index is 2660. The van der Waals surface area contributed by atoms with Crippen molar-refractivity contribution in [3.05, 3.63) is 149 Å². The highest BCUT2D eigenvalue weighted by molar-refractivity contribution is 7.47.